The second-order valence-corrected chi connectivity index (χ2v) is 4.46. The smallest absolute Gasteiger partial charge is 0.320 e. The maximum absolute atomic E-state index is 10.1. The van der Waals surface area contributed by atoms with E-state index in [9.17, 15) is 19.2 Å². The van der Waals surface area contributed by atoms with E-state index in [4.69, 9.17) is 26.2 Å². The number of rotatable bonds is 6. The molecule has 0 spiro atoms. The third-order valence-corrected chi connectivity index (χ3v) is 2.52. The number of hydrogen-bond acceptors (Lipinski definition) is 7. The highest BCUT2D eigenvalue weighted by molar-refractivity contribution is 5.74. The summed E-state index contributed by atoms with van der Waals surface area (Å²) >= 11 is 0. The van der Waals surface area contributed by atoms with Gasteiger partial charge >= 0.3 is 23.9 Å². The second kappa shape index (κ2) is 13.4. The van der Waals surface area contributed by atoms with Crippen LogP contribution in [-0.2, 0) is 19.2 Å². The molecule has 1 aliphatic heterocycles. The number of aliphatic carboxylic acids is 4. The van der Waals surface area contributed by atoms with Crippen LogP contribution in [0.4, 0.5) is 0 Å². The highest BCUT2D eigenvalue weighted by Gasteiger charge is 2.20. The second-order valence-electron chi connectivity index (χ2n) is 4.46. The lowest BCUT2D eigenvalue weighted by molar-refractivity contribution is -0.140. The van der Waals surface area contributed by atoms with Gasteiger partial charge < -0.3 is 37.2 Å². The van der Waals surface area contributed by atoms with Crippen LogP contribution in [0.1, 0.15) is 25.7 Å². The predicted octanol–water partition coefficient (Wildman–Crippen LogP) is -1.88. The summed E-state index contributed by atoms with van der Waals surface area (Å²) in [6, 6.07) is -1.33. The van der Waals surface area contributed by atoms with Crippen LogP contribution in [0.25, 0.3) is 0 Å². The first-order chi connectivity index (χ1) is 10.6. The molecule has 1 rings (SSSR count). The van der Waals surface area contributed by atoms with E-state index in [0.29, 0.717) is 0 Å². The van der Waals surface area contributed by atoms with E-state index in [1.54, 1.807) is 0 Å². The molecule has 0 aromatic carbocycles. The number of carbonyl (C=O) groups is 4. The lowest BCUT2D eigenvalue weighted by Gasteiger charge is -2.01. The van der Waals surface area contributed by atoms with Crippen molar-refractivity contribution >= 4 is 23.9 Å². The lowest BCUT2D eigenvalue weighted by Crippen LogP contribution is -2.30. The van der Waals surface area contributed by atoms with E-state index in [2.05, 4.69) is 11.1 Å². The SMILES string of the molecule is NC(CCC(=O)O)C(=O)O.NCC(=O)O.O=C(O)C1CCCN1. The van der Waals surface area contributed by atoms with Crippen molar-refractivity contribution in [3.8, 4) is 0 Å². The van der Waals surface area contributed by atoms with Crippen molar-refractivity contribution in [1.29, 1.82) is 0 Å². The van der Waals surface area contributed by atoms with Crippen LogP contribution >= 0.6 is 0 Å². The number of carboxylic acid groups (broad SMARTS) is 4. The average molecular weight is 337 g/mol. The standard InChI is InChI=1S/C5H9NO4.C5H9NO2.C2H5NO2/c6-3(5(9)10)1-2-4(7)8;7-5(8)4-2-1-3-6-4;3-1-2(4)5/h3H,1-2,6H2,(H,7,8)(H,9,10);4,6H,1-3H2,(H,7,8);1,3H2,(H,4,5). The van der Waals surface area contributed by atoms with Gasteiger partial charge in [-0.3, -0.25) is 19.2 Å². The fourth-order valence-corrected chi connectivity index (χ4v) is 1.30. The van der Waals surface area contributed by atoms with Gasteiger partial charge in [-0.05, 0) is 25.8 Å². The molecule has 1 heterocycles. The first kappa shape index (κ1) is 23.0. The summed E-state index contributed by atoms with van der Waals surface area (Å²) in [5.74, 6) is -3.88. The largest absolute Gasteiger partial charge is 0.481 e. The van der Waals surface area contributed by atoms with E-state index in [0.717, 1.165) is 19.4 Å². The van der Waals surface area contributed by atoms with E-state index >= 15 is 0 Å². The van der Waals surface area contributed by atoms with E-state index < -0.39 is 29.9 Å². The summed E-state index contributed by atoms with van der Waals surface area (Å²) in [5.41, 5.74) is 9.57. The third kappa shape index (κ3) is 16.0. The quantitative estimate of drug-likeness (QED) is 0.284. The van der Waals surface area contributed by atoms with Gasteiger partial charge in [0.25, 0.3) is 0 Å². The van der Waals surface area contributed by atoms with Crippen LogP contribution in [0, 0.1) is 0 Å². The minimum absolute atomic E-state index is 0.0231. The molecular weight excluding hydrogens is 314 g/mol. The fourth-order valence-electron chi connectivity index (χ4n) is 1.30. The first-order valence-corrected chi connectivity index (χ1v) is 6.70. The minimum atomic E-state index is -1.17. The Hall–Kier alpha value is -2.24. The minimum Gasteiger partial charge on any atom is -0.481 e. The Labute approximate surface area is 132 Å². The van der Waals surface area contributed by atoms with E-state index in [-0.39, 0.29) is 25.4 Å². The number of nitrogens with one attached hydrogen (secondary N) is 1. The van der Waals surface area contributed by atoms with Gasteiger partial charge in [0.05, 0.1) is 6.54 Å². The highest BCUT2D eigenvalue weighted by atomic mass is 16.4. The van der Waals surface area contributed by atoms with Gasteiger partial charge in [-0.1, -0.05) is 0 Å². The Kier molecular flexibility index (Phi) is 13.4. The molecule has 9 N–H and O–H groups in total. The molecule has 134 valence electrons. The molecule has 0 amide bonds. The zero-order valence-electron chi connectivity index (χ0n) is 12.5. The number of hydrogen-bond donors (Lipinski definition) is 7. The van der Waals surface area contributed by atoms with Gasteiger partial charge in [-0.25, -0.2) is 0 Å². The topological polar surface area (TPSA) is 213 Å². The van der Waals surface area contributed by atoms with Crippen LogP contribution in [0.5, 0.6) is 0 Å². The Morgan fingerprint density at radius 3 is 1.83 bits per heavy atom. The first-order valence-electron chi connectivity index (χ1n) is 6.70. The number of nitrogens with two attached hydrogens (primary N) is 2. The highest BCUT2D eigenvalue weighted by Crippen LogP contribution is 2.03. The summed E-state index contributed by atoms with van der Waals surface area (Å²) in [7, 11) is 0. The zero-order chi connectivity index (χ0) is 18.4. The molecule has 11 nitrogen and oxygen atoms in total. The van der Waals surface area contributed by atoms with Crippen LogP contribution < -0.4 is 16.8 Å². The van der Waals surface area contributed by atoms with Crippen LogP contribution in [0.15, 0.2) is 0 Å². The molecule has 23 heavy (non-hydrogen) atoms. The Morgan fingerprint density at radius 2 is 1.61 bits per heavy atom. The maximum atomic E-state index is 10.1. The molecule has 2 atom stereocenters. The molecule has 0 aliphatic carbocycles. The van der Waals surface area contributed by atoms with Crippen molar-refractivity contribution in [2.45, 2.75) is 37.8 Å². The molecule has 11 heteroatoms. The van der Waals surface area contributed by atoms with Gasteiger partial charge in [0.2, 0.25) is 0 Å². The summed E-state index contributed by atoms with van der Waals surface area (Å²) in [4.78, 5) is 39.3. The molecular formula is C12H23N3O8. The van der Waals surface area contributed by atoms with Gasteiger partial charge in [-0.15, -0.1) is 0 Å². The number of carboxylic acids is 4. The van der Waals surface area contributed by atoms with Crippen molar-refractivity contribution in [3.05, 3.63) is 0 Å². The van der Waals surface area contributed by atoms with Crippen LogP contribution in [0.3, 0.4) is 0 Å². The Bertz CT molecular complexity index is 396. The van der Waals surface area contributed by atoms with Crippen molar-refractivity contribution in [2.75, 3.05) is 13.1 Å². The molecule has 2 unspecified atom stereocenters. The van der Waals surface area contributed by atoms with Gasteiger partial charge in [0.15, 0.2) is 0 Å². The monoisotopic (exact) mass is 337 g/mol. The van der Waals surface area contributed by atoms with Crippen molar-refractivity contribution in [3.63, 3.8) is 0 Å². The summed E-state index contributed by atoms with van der Waals surface area (Å²) in [6.07, 6.45) is 1.56. The summed E-state index contributed by atoms with van der Waals surface area (Å²) < 4.78 is 0. The maximum Gasteiger partial charge on any atom is 0.320 e. The lowest BCUT2D eigenvalue weighted by atomic mass is 10.2. The normalized spacial score (nSPS) is 16.9. The van der Waals surface area contributed by atoms with Crippen molar-refractivity contribution in [1.82, 2.24) is 5.32 Å². The van der Waals surface area contributed by atoms with E-state index in [1.165, 1.54) is 0 Å². The molecule has 0 bridgehead atoms. The molecule has 1 saturated heterocycles. The van der Waals surface area contributed by atoms with Crippen LogP contribution in [0.2, 0.25) is 0 Å². The molecule has 1 fully saturated rings. The molecule has 0 aromatic rings. The third-order valence-electron chi connectivity index (χ3n) is 2.52. The fraction of sp³-hybridized carbons (Fsp3) is 0.667. The van der Waals surface area contributed by atoms with Crippen molar-refractivity contribution in [2.24, 2.45) is 11.5 Å². The Balaban J connectivity index is 0. The van der Waals surface area contributed by atoms with Gasteiger partial charge in [0.1, 0.15) is 12.1 Å². The van der Waals surface area contributed by atoms with Crippen molar-refractivity contribution < 1.29 is 39.6 Å². The summed E-state index contributed by atoms with van der Waals surface area (Å²) in [6.45, 7) is 0.580. The van der Waals surface area contributed by atoms with Gasteiger partial charge in [-0.2, -0.15) is 0 Å². The molecule has 0 radical (unpaired) electrons. The van der Waals surface area contributed by atoms with E-state index in [1.807, 2.05) is 0 Å². The molecule has 0 aromatic heterocycles. The predicted molar refractivity (Wildman–Crippen MR) is 77.8 cm³/mol. The Morgan fingerprint density at radius 1 is 1.09 bits per heavy atom. The van der Waals surface area contributed by atoms with Crippen LogP contribution in [-0.4, -0.2) is 69.5 Å². The van der Waals surface area contributed by atoms with Gasteiger partial charge in [0, 0.05) is 6.42 Å². The zero-order valence-corrected chi connectivity index (χ0v) is 12.5. The summed E-state index contributed by atoms with van der Waals surface area (Å²) in [5, 5.41) is 35.1. The average Bonchev–Trinajstić information content (AvgIpc) is 3.00. The molecule has 1 aliphatic rings. The molecule has 0 saturated carbocycles.